The monoisotopic (exact) mass is 334 g/mol. The van der Waals surface area contributed by atoms with Crippen LogP contribution in [0.15, 0.2) is 18.3 Å². The molecule has 2 saturated heterocycles. The summed E-state index contributed by atoms with van der Waals surface area (Å²) < 4.78 is 11.3. The molecule has 2 aliphatic heterocycles. The predicted octanol–water partition coefficient (Wildman–Crippen LogP) is 1.10. The van der Waals surface area contributed by atoms with Crippen molar-refractivity contribution in [2.24, 2.45) is 0 Å². The van der Waals surface area contributed by atoms with E-state index in [2.05, 4.69) is 15.1 Å². The zero-order chi connectivity index (χ0) is 16.8. The Balaban J connectivity index is 1.48. The topological polar surface area (TPSA) is 67.8 Å². The first-order valence-corrected chi connectivity index (χ1v) is 8.78. The standard InChI is InChI=1S/C17H26N4O3/c1-14(24-13-15-5-3-12-23-15)17(22)21-9-4-8-20(10-11-21)16-6-2-7-18-19-16/h2,6-7,14-15H,3-5,8-13H2,1H3. The number of ether oxygens (including phenoxy) is 2. The smallest absolute Gasteiger partial charge is 0.251 e. The molecule has 1 aromatic rings. The van der Waals surface area contributed by atoms with Gasteiger partial charge in [-0.2, -0.15) is 5.10 Å². The highest BCUT2D eigenvalue weighted by atomic mass is 16.5. The van der Waals surface area contributed by atoms with Crippen molar-refractivity contribution in [1.29, 1.82) is 0 Å². The van der Waals surface area contributed by atoms with E-state index in [1.807, 2.05) is 24.0 Å². The van der Waals surface area contributed by atoms with Crippen LogP contribution in [0.4, 0.5) is 5.82 Å². The average Bonchev–Trinajstić information content (AvgIpc) is 3.02. The molecule has 2 unspecified atom stereocenters. The van der Waals surface area contributed by atoms with Gasteiger partial charge in [-0.05, 0) is 38.3 Å². The molecule has 132 valence electrons. The molecule has 0 aliphatic carbocycles. The van der Waals surface area contributed by atoms with Crippen LogP contribution in [-0.4, -0.2) is 72.6 Å². The van der Waals surface area contributed by atoms with Gasteiger partial charge in [0.15, 0.2) is 5.82 Å². The largest absolute Gasteiger partial charge is 0.376 e. The van der Waals surface area contributed by atoms with E-state index in [-0.39, 0.29) is 12.0 Å². The summed E-state index contributed by atoms with van der Waals surface area (Å²) >= 11 is 0. The minimum atomic E-state index is -0.419. The summed E-state index contributed by atoms with van der Waals surface area (Å²) in [6.07, 6.45) is 4.43. The molecule has 0 radical (unpaired) electrons. The average molecular weight is 334 g/mol. The Labute approximate surface area is 142 Å². The van der Waals surface area contributed by atoms with Gasteiger partial charge in [-0.15, -0.1) is 5.10 Å². The van der Waals surface area contributed by atoms with Crippen LogP contribution in [0.25, 0.3) is 0 Å². The maximum atomic E-state index is 12.6. The van der Waals surface area contributed by atoms with Crippen molar-refractivity contribution in [3.8, 4) is 0 Å². The normalized spacial score (nSPS) is 23.1. The molecule has 1 amide bonds. The van der Waals surface area contributed by atoms with Crippen molar-refractivity contribution in [2.45, 2.75) is 38.4 Å². The van der Waals surface area contributed by atoms with Crippen LogP contribution in [0.1, 0.15) is 26.2 Å². The van der Waals surface area contributed by atoms with Gasteiger partial charge in [-0.1, -0.05) is 0 Å². The maximum Gasteiger partial charge on any atom is 0.251 e. The number of carbonyl (C=O) groups is 1. The van der Waals surface area contributed by atoms with Crippen LogP contribution in [-0.2, 0) is 14.3 Å². The molecular weight excluding hydrogens is 308 g/mol. The van der Waals surface area contributed by atoms with Gasteiger partial charge in [-0.3, -0.25) is 4.79 Å². The summed E-state index contributed by atoms with van der Waals surface area (Å²) in [5, 5.41) is 8.09. The van der Waals surface area contributed by atoms with Crippen LogP contribution >= 0.6 is 0 Å². The Bertz CT molecular complexity index is 522. The fraction of sp³-hybridized carbons (Fsp3) is 0.706. The van der Waals surface area contributed by atoms with Crippen LogP contribution in [0.5, 0.6) is 0 Å². The molecule has 2 atom stereocenters. The van der Waals surface area contributed by atoms with Crippen molar-refractivity contribution < 1.29 is 14.3 Å². The van der Waals surface area contributed by atoms with Crippen LogP contribution in [0.2, 0.25) is 0 Å². The Morgan fingerprint density at radius 2 is 2.29 bits per heavy atom. The Hall–Kier alpha value is -1.73. The third-order valence-electron chi connectivity index (χ3n) is 4.59. The zero-order valence-electron chi connectivity index (χ0n) is 14.3. The van der Waals surface area contributed by atoms with E-state index in [1.165, 1.54) is 0 Å². The van der Waals surface area contributed by atoms with E-state index in [0.29, 0.717) is 13.2 Å². The number of aromatic nitrogens is 2. The number of nitrogens with zero attached hydrogens (tertiary/aromatic N) is 4. The highest BCUT2D eigenvalue weighted by Crippen LogP contribution is 2.15. The van der Waals surface area contributed by atoms with Crippen molar-refractivity contribution in [3.63, 3.8) is 0 Å². The lowest BCUT2D eigenvalue weighted by Crippen LogP contribution is -2.42. The minimum absolute atomic E-state index is 0.0639. The number of hydrogen-bond donors (Lipinski definition) is 0. The molecule has 0 bridgehead atoms. The lowest BCUT2D eigenvalue weighted by atomic mass is 10.2. The fourth-order valence-corrected chi connectivity index (χ4v) is 3.18. The number of anilines is 1. The van der Waals surface area contributed by atoms with E-state index in [1.54, 1.807) is 6.20 Å². The quantitative estimate of drug-likeness (QED) is 0.803. The Morgan fingerprint density at radius 3 is 3.04 bits per heavy atom. The van der Waals surface area contributed by atoms with E-state index in [4.69, 9.17) is 9.47 Å². The first kappa shape index (κ1) is 17.1. The van der Waals surface area contributed by atoms with E-state index in [9.17, 15) is 4.79 Å². The number of amides is 1. The third-order valence-corrected chi connectivity index (χ3v) is 4.59. The summed E-state index contributed by atoms with van der Waals surface area (Å²) in [6.45, 7) is 6.23. The maximum absolute atomic E-state index is 12.6. The minimum Gasteiger partial charge on any atom is -0.376 e. The second-order valence-electron chi connectivity index (χ2n) is 6.36. The molecule has 0 saturated carbocycles. The first-order valence-electron chi connectivity index (χ1n) is 8.78. The second-order valence-corrected chi connectivity index (χ2v) is 6.36. The summed E-state index contributed by atoms with van der Waals surface area (Å²) in [5.74, 6) is 0.934. The molecule has 0 N–H and O–H groups in total. The summed E-state index contributed by atoms with van der Waals surface area (Å²) in [6, 6.07) is 3.84. The van der Waals surface area contributed by atoms with Crippen molar-refractivity contribution in [2.75, 3.05) is 44.3 Å². The van der Waals surface area contributed by atoms with Gasteiger partial charge in [0.1, 0.15) is 6.10 Å². The second kappa shape index (κ2) is 8.39. The molecule has 3 rings (SSSR count). The number of carbonyl (C=O) groups excluding carboxylic acids is 1. The molecule has 0 spiro atoms. The summed E-state index contributed by atoms with van der Waals surface area (Å²) in [4.78, 5) is 16.7. The van der Waals surface area contributed by atoms with E-state index < -0.39 is 6.10 Å². The first-order chi connectivity index (χ1) is 11.7. The van der Waals surface area contributed by atoms with Gasteiger partial charge < -0.3 is 19.3 Å². The van der Waals surface area contributed by atoms with E-state index in [0.717, 1.165) is 51.3 Å². The fourth-order valence-electron chi connectivity index (χ4n) is 3.18. The van der Waals surface area contributed by atoms with Gasteiger partial charge >= 0.3 is 0 Å². The van der Waals surface area contributed by atoms with Gasteiger partial charge in [0, 0.05) is 39.0 Å². The van der Waals surface area contributed by atoms with Gasteiger partial charge in [-0.25, -0.2) is 0 Å². The molecular formula is C17H26N4O3. The van der Waals surface area contributed by atoms with Gasteiger partial charge in [0.2, 0.25) is 0 Å². The Morgan fingerprint density at radius 1 is 1.38 bits per heavy atom. The van der Waals surface area contributed by atoms with E-state index >= 15 is 0 Å². The molecule has 2 fully saturated rings. The van der Waals surface area contributed by atoms with Crippen LogP contribution < -0.4 is 4.90 Å². The number of rotatable bonds is 5. The number of hydrogen-bond acceptors (Lipinski definition) is 6. The lowest BCUT2D eigenvalue weighted by Gasteiger charge is -2.25. The zero-order valence-corrected chi connectivity index (χ0v) is 14.3. The highest BCUT2D eigenvalue weighted by molar-refractivity contribution is 5.80. The van der Waals surface area contributed by atoms with Gasteiger partial charge in [0.25, 0.3) is 5.91 Å². The summed E-state index contributed by atoms with van der Waals surface area (Å²) in [7, 11) is 0. The van der Waals surface area contributed by atoms with Crippen molar-refractivity contribution in [3.05, 3.63) is 18.3 Å². The predicted molar refractivity (Wildman–Crippen MR) is 89.8 cm³/mol. The SMILES string of the molecule is CC(OCC1CCCO1)C(=O)N1CCCN(c2cccnn2)CC1. The molecule has 2 aliphatic rings. The van der Waals surface area contributed by atoms with Crippen molar-refractivity contribution >= 4 is 11.7 Å². The molecule has 7 nitrogen and oxygen atoms in total. The molecule has 7 heteroatoms. The summed E-state index contributed by atoms with van der Waals surface area (Å²) in [5.41, 5.74) is 0. The third kappa shape index (κ3) is 4.42. The van der Waals surface area contributed by atoms with Crippen LogP contribution in [0, 0.1) is 0 Å². The molecule has 3 heterocycles. The molecule has 0 aromatic carbocycles. The molecule has 1 aromatic heterocycles. The molecule has 24 heavy (non-hydrogen) atoms. The highest BCUT2D eigenvalue weighted by Gasteiger charge is 2.25. The van der Waals surface area contributed by atoms with Crippen LogP contribution in [0.3, 0.4) is 0 Å². The van der Waals surface area contributed by atoms with Crippen molar-refractivity contribution in [1.82, 2.24) is 15.1 Å². The Kier molecular flexibility index (Phi) is 5.98. The lowest BCUT2D eigenvalue weighted by molar-refractivity contribution is -0.144. The van der Waals surface area contributed by atoms with Gasteiger partial charge in [0.05, 0.1) is 12.7 Å².